The van der Waals surface area contributed by atoms with E-state index < -0.39 is 0 Å². The number of nitrogens with zero attached hydrogens (tertiary/aromatic N) is 2. The van der Waals surface area contributed by atoms with Gasteiger partial charge >= 0.3 is 0 Å². The van der Waals surface area contributed by atoms with Crippen molar-refractivity contribution in [3.63, 3.8) is 0 Å². The lowest BCUT2D eigenvalue weighted by molar-refractivity contribution is 0.490. The first-order valence-corrected chi connectivity index (χ1v) is 7.82. The molecule has 0 saturated heterocycles. The van der Waals surface area contributed by atoms with E-state index in [9.17, 15) is 0 Å². The zero-order valence-corrected chi connectivity index (χ0v) is 12.6. The zero-order chi connectivity index (χ0) is 13.4. The maximum atomic E-state index is 6.06. The van der Waals surface area contributed by atoms with Gasteiger partial charge in [-0.05, 0) is 43.4 Å². The van der Waals surface area contributed by atoms with Gasteiger partial charge in [-0.1, -0.05) is 18.5 Å². The van der Waals surface area contributed by atoms with E-state index in [1.165, 1.54) is 24.8 Å². The average Bonchev–Trinajstić information content (AvgIpc) is 2.92. The minimum Gasteiger partial charge on any atom is -0.325 e. The largest absolute Gasteiger partial charge is 0.325 e. The average molecular weight is 297 g/mol. The maximum absolute atomic E-state index is 6.06. The molecule has 1 aliphatic rings. The van der Waals surface area contributed by atoms with Crippen LogP contribution in [0.1, 0.15) is 38.1 Å². The molecule has 2 nitrogen and oxygen atoms in total. The van der Waals surface area contributed by atoms with Crippen LogP contribution in [0.4, 0.5) is 0 Å². The maximum Gasteiger partial charge on any atom is 0.111 e. The Hall–Kier alpha value is -0.730. The van der Waals surface area contributed by atoms with Crippen molar-refractivity contribution in [1.82, 2.24) is 9.55 Å². The third-order valence-electron chi connectivity index (χ3n) is 4.07. The molecule has 2 aromatic rings. The summed E-state index contributed by atoms with van der Waals surface area (Å²) in [6, 6.07) is 6.55. The Kier molecular flexibility index (Phi) is 3.72. The molecule has 1 fully saturated rings. The van der Waals surface area contributed by atoms with E-state index in [1.54, 1.807) is 0 Å². The molecule has 1 aliphatic carbocycles. The predicted octanol–water partition coefficient (Wildman–Crippen LogP) is 4.83. The minimum atomic E-state index is 0.569. The van der Waals surface area contributed by atoms with Crippen molar-refractivity contribution >= 4 is 34.2 Å². The van der Waals surface area contributed by atoms with Gasteiger partial charge in [-0.15, -0.1) is 11.6 Å². The van der Waals surface area contributed by atoms with E-state index in [2.05, 4.69) is 17.6 Å². The quantitative estimate of drug-likeness (QED) is 0.742. The second-order valence-electron chi connectivity index (χ2n) is 5.54. The molecule has 4 heteroatoms. The summed E-state index contributed by atoms with van der Waals surface area (Å²) in [7, 11) is 0. The smallest absolute Gasteiger partial charge is 0.111 e. The van der Waals surface area contributed by atoms with E-state index in [-0.39, 0.29) is 0 Å². The van der Waals surface area contributed by atoms with Crippen molar-refractivity contribution in [2.24, 2.45) is 5.92 Å². The van der Waals surface area contributed by atoms with Crippen molar-refractivity contribution in [1.29, 1.82) is 0 Å². The second kappa shape index (κ2) is 5.34. The minimum absolute atomic E-state index is 0.569. The molecule has 2 atom stereocenters. The molecular weight excluding hydrogens is 279 g/mol. The fraction of sp³-hybridized carbons (Fsp3) is 0.533. The molecular formula is C15H18Cl2N2. The standard InChI is InChI=1S/C15H18Cl2N2/c1-10-2-4-12(8-10)19-14-5-3-11(17)9-13(14)18-15(19)6-7-16/h3,5,9-10,12H,2,4,6-8H2,1H3. The summed E-state index contributed by atoms with van der Waals surface area (Å²) < 4.78 is 2.40. The van der Waals surface area contributed by atoms with Gasteiger partial charge in [0.2, 0.25) is 0 Å². The van der Waals surface area contributed by atoms with E-state index in [0.717, 1.165) is 28.7 Å². The number of hydrogen-bond acceptors (Lipinski definition) is 1. The molecule has 0 amide bonds. The van der Waals surface area contributed by atoms with Crippen molar-refractivity contribution < 1.29 is 0 Å². The fourth-order valence-electron chi connectivity index (χ4n) is 3.20. The van der Waals surface area contributed by atoms with E-state index >= 15 is 0 Å². The summed E-state index contributed by atoms with van der Waals surface area (Å²) in [6.07, 6.45) is 4.60. The van der Waals surface area contributed by atoms with Gasteiger partial charge in [0.1, 0.15) is 5.82 Å². The molecule has 0 radical (unpaired) electrons. The molecule has 1 aromatic heterocycles. The van der Waals surface area contributed by atoms with Gasteiger partial charge in [-0.2, -0.15) is 0 Å². The molecule has 0 N–H and O–H groups in total. The summed E-state index contributed by atoms with van der Waals surface area (Å²) in [5, 5.41) is 0.745. The Balaban J connectivity index is 2.11. The van der Waals surface area contributed by atoms with Crippen LogP contribution >= 0.6 is 23.2 Å². The Labute approximate surface area is 123 Å². The number of rotatable bonds is 3. The number of fused-ring (bicyclic) bond motifs is 1. The van der Waals surface area contributed by atoms with Gasteiger partial charge in [-0.25, -0.2) is 4.98 Å². The summed E-state index contributed by atoms with van der Waals surface area (Å²) in [6.45, 7) is 2.33. The van der Waals surface area contributed by atoms with Gasteiger partial charge in [0.05, 0.1) is 11.0 Å². The molecule has 102 valence electrons. The summed E-state index contributed by atoms with van der Waals surface area (Å²) >= 11 is 12.0. The number of aromatic nitrogens is 2. The Bertz CT molecular complexity index is 591. The Morgan fingerprint density at radius 3 is 2.89 bits per heavy atom. The van der Waals surface area contributed by atoms with E-state index in [0.29, 0.717) is 11.9 Å². The summed E-state index contributed by atoms with van der Waals surface area (Å²) in [5.41, 5.74) is 2.19. The number of benzene rings is 1. The van der Waals surface area contributed by atoms with Crippen LogP contribution in [0.3, 0.4) is 0 Å². The molecule has 3 rings (SSSR count). The van der Waals surface area contributed by atoms with E-state index in [1.807, 2.05) is 12.1 Å². The van der Waals surface area contributed by atoms with Crippen molar-refractivity contribution in [2.45, 2.75) is 38.6 Å². The molecule has 0 spiro atoms. The normalized spacial score (nSPS) is 23.3. The van der Waals surface area contributed by atoms with Gasteiger partial charge in [-0.3, -0.25) is 0 Å². The lowest BCUT2D eigenvalue weighted by Gasteiger charge is -2.16. The van der Waals surface area contributed by atoms with Crippen molar-refractivity contribution in [3.05, 3.63) is 29.0 Å². The van der Waals surface area contributed by atoms with Crippen molar-refractivity contribution in [3.8, 4) is 0 Å². The third kappa shape index (κ3) is 2.48. The Morgan fingerprint density at radius 1 is 1.37 bits per heavy atom. The second-order valence-corrected chi connectivity index (χ2v) is 6.36. The molecule has 1 heterocycles. The van der Waals surface area contributed by atoms with Crippen LogP contribution in [0.2, 0.25) is 5.02 Å². The number of hydrogen-bond donors (Lipinski definition) is 0. The van der Waals surface area contributed by atoms with Crippen molar-refractivity contribution in [2.75, 3.05) is 5.88 Å². The van der Waals surface area contributed by atoms with Crippen LogP contribution in [-0.2, 0) is 6.42 Å². The topological polar surface area (TPSA) is 17.8 Å². The number of halogens is 2. The highest BCUT2D eigenvalue weighted by Gasteiger charge is 2.26. The molecule has 2 unspecified atom stereocenters. The molecule has 1 saturated carbocycles. The lowest BCUT2D eigenvalue weighted by Crippen LogP contribution is -2.10. The highest BCUT2D eigenvalue weighted by Crippen LogP contribution is 2.37. The third-order valence-corrected chi connectivity index (χ3v) is 4.50. The van der Waals surface area contributed by atoms with Gasteiger partial charge in [0.15, 0.2) is 0 Å². The van der Waals surface area contributed by atoms with Crippen LogP contribution in [0.25, 0.3) is 11.0 Å². The molecule has 0 aliphatic heterocycles. The van der Waals surface area contributed by atoms with Crippen LogP contribution in [-0.4, -0.2) is 15.4 Å². The molecule has 0 bridgehead atoms. The summed E-state index contributed by atoms with van der Waals surface area (Å²) in [5.74, 6) is 2.52. The molecule has 19 heavy (non-hydrogen) atoms. The number of aryl methyl sites for hydroxylation is 1. The van der Waals surface area contributed by atoms with Gasteiger partial charge in [0, 0.05) is 23.4 Å². The number of alkyl halides is 1. The predicted molar refractivity (Wildman–Crippen MR) is 81.2 cm³/mol. The first kappa shape index (κ1) is 13.3. The fourth-order valence-corrected chi connectivity index (χ4v) is 3.54. The van der Waals surface area contributed by atoms with E-state index in [4.69, 9.17) is 28.2 Å². The van der Waals surface area contributed by atoms with Gasteiger partial charge in [0.25, 0.3) is 0 Å². The van der Waals surface area contributed by atoms with Crippen LogP contribution < -0.4 is 0 Å². The van der Waals surface area contributed by atoms with Gasteiger partial charge < -0.3 is 4.57 Å². The zero-order valence-electron chi connectivity index (χ0n) is 11.1. The summed E-state index contributed by atoms with van der Waals surface area (Å²) in [4.78, 5) is 4.73. The molecule has 1 aromatic carbocycles. The van der Waals surface area contributed by atoms with Crippen LogP contribution in [0.15, 0.2) is 18.2 Å². The number of imidazole rings is 1. The van der Waals surface area contributed by atoms with Crippen LogP contribution in [0.5, 0.6) is 0 Å². The SMILES string of the molecule is CC1CCC(n2c(CCCl)nc3cc(Cl)ccc32)C1. The van der Waals surface area contributed by atoms with Crippen LogP contribution in [0, 0.1) is 5.92 Å². The lowest BCUT2D eigenvalue weighted by atomic mass is 10.1. The first-order chi connectivity index (χ1) is 9.19. The highest BCUT2D eigenvalue weighted by atomic mass is 35.5. The monoisotopic (exact) mass is 296 g/mol. The Morgan fingerprint density at radius 2 is 2.21 bits per heavy atom. The highest BCUT2D eigenvalue weighted by molar-refractivity contribution is 6.31. The first-order valence-electron chi connectivity index (χ1n) is 6.91.